The maximum absolute atomic E-state index is 11.0. The second kappa shape index (κ2) is 3.30. The Balaban J connectivity index is 2.32. The van der Waals surface area contributed by atoms with Crippen molar-refractivity contribution in [3.63, 3.8) is 0 Å². The number of hydrogen-bond donors (Lipinski definition) is 0. The fourth-order valence-electron chi connectivity index (χ4n) is 0.893. The van der Waals surface area contributed by atoms with Gasteiger partial charge in [-0.05, 0) is 24.3 Å². The third kappa shape index (κ3) is 2.25. The zero-order valence-corrected chi connectivity index (χ0v) is 7.43. The predicted octanol–water partition coefficient (Wildman–Crippen LogP) is 2.07. The van der Waals surface area contributed by atoms with Crippen LogP contribution in [-0.4, -0.2) is 12.8 Å². The molecule has 1 fully saturated rings. The summed E-state index contributed by atoms with van der Waals surface area (Å²) in [6, 6.07) is 2.18. The SMILES string of the molecule is CCO[P+](=O)CC1(C#N)CC1. The largest absolute Gasteiger partial charge is 0.509 e. The minimum atomic E-state index is -1.58. The van der Waals surface area contributed by atoms with E-state index in [-0.39, 0.29) is 5.41 Å². The molecule has 0 spiro atoms. The van der Waals surface area contributed by atoms with E-state index in [1.807, 2.05) is 0 Å². The van der Waals surface area contributed by atoms with Gasteiger partial charge in [0.2, 0.25) is 0 Å². The van der Waals surface area contributed by atoms with Gasteiger partial charge in [-0.3, -0.25) is 0 Å². The molecule has 1 saturated carbocycles. The molecule has 0 bridgehead atoms. The summed E-state index contributed by atoms with van der Waals surface area (Å²) in [4.78, 5) is 0. The van der Waals surface area contributed by atoms with E-state index in [9.17, 15) is 4.57 Å². The van der Waals surface area contributed by atoms with Gasteiger partial charge in [-0.1, -0.05) is 0 Å². The van der Waals surface area contributed by atoms with Crippen molar-refractivity contribution in [1.82, 2.24) is 0 Å². The van der Waals surface area contributed by atoms with Gasteiger partial charge in [-0.25, -0.2) is 0 Å². The molecule has 0 amide bonds. The van der Waals surface area contributed by atoms with Crippen LogP contribution in [-0.2, 0) is 9.09 Å². The van der Waals surface area contributed by atoms with Crippen molar-refractivity contribution in [3.8, 4) is 6.07 Å². The average Bonchev–Trinajstić information content (AvgIpc) is 2.70. The highest BCUT2D eigenvalue weighted by Gasteiger charge is 2.50. The molecular formula is C7H11NO2P+. The van der Waals surface area contributed by atoms with Crippen LogP contribution >= 0.6 is 8.03 Å². The Hall–Kier alpha value is -0.450. The number of nitrogens with zero attached hydrogens (tertiary/aromatic N) is 1. The van der Waals surface area contributed by atoms with Crippen molar-refractivity contribution in [2.45, 2.75) is 19.8 Å². The first kappa shape index (κ1) is 8.64. The Labute approximate surface area is 67.2 Å². The highest BCUT2D eigenvalue weighted by Crippen LogP contribution is 2.50. The van der Waals surface area contributed by atoms with Crippen LogP contribution in [0.4, 0.5) is 0 Å². The lowest BCUT2D eigenvalue weighted by Gasteiger charge is -1.91. The Kier molecular flexibility index (Phi) is 2.59. The minimum absolute atomic E-state index is 0.289. The lowest BCUT2D eigenvalue weighted by Crippen LogP contribution is -2.00. The molecule has 0 heterocycles. The summed E-state index contributed by atoms with van der Waals surface area (Å²) in [6.07, 6.45) is 2.20. The molecule has 4 heteroatoms. The first-order valence-electron chi connectivity index (χ1n) is 3.71. The molecule has 1 unspecified atom stereocenters. The van der Waals surface area contributed by atoms with Crippen molar-refractivity contribution in [2.24, 2.45) is 5.41 Å². The summed E-state index contributed by atoms with van der Waals surface area (Å²) in [5.74, 6) is 0. The maximum Gasteiger partial charge on any atom is 0.509 e. The van der Waals surface area contributed by atoms with E-state index in [1.165, 1.54) is 0 Å². The summed E-state index contributed by atoms with van der Waals surface area (Å²) in [5.41, 5.74) is -0.289. The molecule has 0 aliphatic heterocycles. The highest BCUT2D eigenvalue weighted by molar-refractivity contribution is 7.39. The zero-order valence-electron chi connectivity index (χ0n) is 6.54. The molecule has 0 saturated heterocycles. The number of nitriles is 1. The minimum Gasteiger partial charge on any atom is -0.198 e. The predicted molar refractivity (Wildman–Crippen MR) is 41.4 cm³/mol. The summed E-state index contributed by atoms with van der Waals surface area (Å²) in [7, 11) is -1.58. The van der Waals surface area contributed by atoms with Crippen molar-refractivity contribution in [2.75, 3.05) is 12.8 Å². The molecule has 1 rings (SSSR count). The Bertz CT molecular complexity index is 205. The van der Waals surface area contributed by atoms with Gasteiger partial charge in [0.15, 0.2) is 6.16 Å². The Morgan fingerprint density at radius 3 is 2.73 bits per heavy atom. The molecule has 3 nitrogen and oxygen atoms in total. The summed E-state index contributed by atoms with van der Waals surface area (Å²) in [5, 5.41) is 8.64. The molecular weight excluding hydrogens is 161 g/mol. The van der Waals surface area contributed by atoms with Crippen LogP contribution in [0.15, 0.2) is 0 Å². The van der Waals surface area contributed by atoms with Crippen molar-refractivity contribution in [3.05, 3.63) is 0 Å². The fourth-order valence-corrected chi connectivity index (χ4v) is 2.15. The van der Waals surface area contributed by atoms with E-state index >= 15 is 0 Å². The van der Waals surface area contributed by atoms with Crippen molar-refractivity contribution in [1.29, 1.82) is 5.26 Å². The normalized spacial score (nSPS) is 20.5. The third-order valence-corrected chi connectivity index (χ3v) is 3.21. The molecule has 0 aromatic heterocycles. The quantitative estimate of drug-likeness (QED) is 0.610. The average molecular weight is 172 g/mol. The van der Waals surface area contributed by atoms with Crippen LogP contribution < -0.4 is 0 Å². The first-order chi connectivity index (χ1) is 5.22. The van der Waals surface area contributed by atoms with E-state index in [1.54, 1.807) is 6.92 Å². The Morgan fingerprint density at radius 1 is 1.73 bits per heavy atom. The van der Waals surface area contributed by atoms with Gasteiger partial charge in [-0.2, -0.15) is 5.26 Å². The molecule has 0 N–H and O–H groups in total. The van der Waals surface area contributed by atoms with E-state index in [0.717, 1.165) is 12.8 Å². The highest BCUT2D eigenvalue weighted by atomic mass is 31.1. The van der Waals surface area contributed by atoms with Crippen LogP contribution in [0.2, 0.25) is 0 Å². The van der Waals surface area contributed by atoms with Crippen LogP contribution in [0, 0.1) is 16.7 Å². The fraction of sp³-hybridized carbons (Fsp3) is 0.857. The standard InChI is InChI=1S/C7H11NO2P/c1-2-10-11(9)6-7(5-8)3-4-7/h2-4,6H2,1H3/q+1. The van der Waals surface area contributed by atoms with E-state index in [0.29, 0.717) is 12.8 Å². The number of rotatable bonds is 4. The third-order valence-electron chi connectivity index (χ3n) is 1.80. The van der Waals surface area contributed by atoms with Crippen LogP contribution in [0.3, 0.4) is 0 Å². The smallest absolute Gasteiger partial charge is 0.198 e. The Morgan fingerprint density at radius 2 is 2.36 bits per heavy atom. The monoisotopic (exact) mass is 172 g/mol. The lowest BCUT2D eigenvalue weighted by atomic mass is 10.2. The number of hydrogen-bond acceptors (Lipinski definition) is 3. The van der Waals surface area contributed by atoms with Gasteiger partial charge in [0.05, 0.1) is 12.7 Å². The van der Waals surface area contributed by atoms with E-state index in [2.05, 4.69) is 6.07 Å². The molecule has 11 heavy (non-hydrogen) atoms. The molecule has 1 aliphatic rings. The summed E-state index contributed by atoms with van der Waals surface area (Å²) in [6.45, 7) is 2.27. The second-order valence-electron chi connectivity index (χ2n) is 2.80. The van der Waals surface area contributed by atoms with Gasteiger partial charge in [0.25, 0.3) is 0 Å². The van der Waals surface area contributed by atoms with Gasteiger partial charge in [0.1, 0.15) is 5.41 Å². The van der Waals surface area contributed by atoms with Gasteiger partial charge in [-0.15, -0.1) is 4.52 Å². The molecule has 0 aromatic rings. The summed E-state index contributed by atoms with van der Waals surface area (Å²) < 4.78 is 15.9. The molecule has 0 radical (unpaired) electrons. The van der Waals surface area contributed by atoms with E-state index < -0.39 is 8.03 Å². The van der Waals surface area contributed by atoms with Gasteiger partial charge in [0, 0.05) is 0 Å². The maximum atomic E-state index is 11.0. The van der Waals surface area contributed by atoms with E-state index in [4.69, 9.17) is 9.79 Å². The van der Waals surface area contributed by atoms with Gasteiger partial charge >= 0.3 is 8.03 Å². The van der Waals surface area contributed by atoms with Gasteiger partial charge < -0.3 is 0 Å². The van der Waals surface area contributed by atoms with Crippen LogP contribution in [0.25, 0.3) is 0 Å². The first-order valence-corrected chi connectivity index (χ1v) is 5.07. The van der Waals surface area contributed by atoms with Crippen molar-refractivity contribution >= 4 is 8.03 Å². The molecule has 60 valence electrons. The topological polar surface area (TPSA) is 50.1 Å². The zero-order chi connectivity index (χ0) is 8.32. The molecule has 1 atom stereocenters. The van der Waals surface area contributed by atoms with Crippen molar-refractivity contribution < 1.29 is 9.09 Å². The van der Waals surface area contributed by atoms with Crippen LogP contribution in [0.5, 0.6) is 0 Å². The molecule has 1 aliphatic carbocycles. The summed E-state index contributed by atoms with van der Waals surface area (Å²) >= 11 is 0. The lowest BCUT2D eigenvalue weighted by molar-refractivity contribution is 0.347. The molecule has 0 aromatic carbocycles. The van der Waals surface area contributed by atoms with Crippen LogP contribution in [0.1, 0.15) is 19.8 Å². The second-order valence-corrected chi connectivity index (χ2v) is 4.04.